The van der Waals surface area contributed by atoms with E-state index in [0.717, 1.165) is 17.9 Å². The van der Waals surface area contributed by atoms with Crippen LogP contribution in [0.2, 0.25) is 0 Å². The van der Waals surface area contributed by atoms with Crippen LogP contribution in [0.1, 0.15) is 36.7 Å². The van der Waals surface area contributed by atoms with Gasteiger partial charge >= 0.3 is 0 Å². The first-order valence-corrected chi connectivity index (χ1v) is 7.58. The summed E-state index contributed by atoms with van der Waals surface area (Å²) < 4.78 is 1.91. The molecule has 0 saturated heterocycles. The standard InChI is InChI=1S/C16H22N4S/c1-5-20-9-8-14(19-20)13(4)17-16(21)18-15-10-11(2)6-7-12(15)3/h6-10,13H,5H2,1-4H3,(H2,17,18,21). The first kappa shape index (κ1) is 15.5. The van der Waals surface area contributed by atoms with Crippen LogP contribution in [0.4, 0.5) is 5.69 Å². The van der Waals surface area contributed by atoms with E-state index in [9.17, 15) is 0 Å². The Kier molecular flexibility index (Phi) is 4.96. The van der Waals surface area contributed by atoms with Crippen LogP contribution in [-0.2, 0) is 6.54 Å². The minimum atomic E-state index is 0.0721. The monoisotopic (exact) mass is 302 g/mol. The highest BCUT2D eigenvalue weighted by molar-refractivity contribution is 7.80. The number of aromatic nitrogens is 2. The summed E-state index contributed by atoms with van der Waals surface area (Å²) in [6, 6.07) is 8.37. The van der Waals surface area contributed by atoms with Crippen LogP contribution < -0.4 is 10.6 Å². The predicted molar refractivity (Wildman–Crippen MR) is 91.6 cm³/mol. The Morgan fingerprint density at radius 2 is 2.10 bits per heavy atom. The average molecular weight is 302 g/mol. The molecule has 0 aliphatic heterocycles. The molecule has 0 aliphatic carbocycles. The zero-order valence-corrected chi connectivity index (χ0v) is 13.8. The van der Waals surface area contributed by atoms with Crippen molar-refractivity contribution in [2.24, 2.45) is 0 Å². The van der Waals surface area contributed by atoms with Gasteiger partial charge in [-0.1, -0.05) is 12.1 Å². The van der Waals surface area contributed by atoms with Crippen LogP contribution in [0.3, 0.4) is 0 Å². The van der Waals surface area contributed by atoms with Crippen molar-refractivity contribution in [3.8, 4) is 0 Å². The van der Waals surface area contributed by atoms with Gasteiger partial charge in [0, 0.05) is 18.4 Å². The summed E-state index contributed by atoms with van der Waals surface area (Å²) in [6.07, 6.45) is 1.98. The van der Waals surface area contributed by atoms with E-state index in [1.54, 1.807) is 0 Å². The quantitative estimate of drug-likeness (QED) is 0.847. The fraction of sp³-hybridized carbons (Fsp3) is 0.375. The number of rotatable bonds is 4. The molecule has 5 heteroatoms. The van der Waals surface area contributed by atoms with Crippen molar-refractivity contribution in [2.45, 2.75) is 40.3 Å². The highest BCUT2D eigenvalue weighted by atomic mass is 32.1. The number of anilines is 1. The first-order chi connectivity index (χ1) is 9.99. The van der Waals surface area contributed by atoms with Crippen molar-refractivity contribution in [2.75, 3.05) is 5.32 Å². The Hall–Kier alpha value is -1.88. The molecular formula is C16H22N4S. The van der Waals surface area contributed by atoms with E-state index in [1.807, 2.05) is 16.9 Å². The molecule has 1 atom stereocenters. The molecule has 0 spiro atoms. The van der Waals surface area contributed by atoms with Gasteiger partial charge in [-0.25, -0.2) is 0 Å². The van der Waals surface area contributed by atoms with E-state index < -0.39 is 0 Å². The molecule has 0 radical (unpaired) electrons. The summed E-state index contributed by atoms with van der Waals surface area (Å²) in [7, 11) is 0. The summed E-state index contributed by atoms with van der Waals surface area (Å²) in [4.78, 5) is 0. The van der Waals surface area contributed by atoms with Crippen LogP contribution in [0.25, 0.3) is 0 Å². The van der Waals surface area contributed by atoms with Crippen molar-refractivity contribution in [1.82, 2.24) is 15.1 Å². The first-order valence-electron chi connectivity index (χ1n) is 7.17. The zero-order valence-electron chi connectivity index (χ0n) is 13.0. The van der Waals surface area contributed by atoms with Gasteiger partial charge in [-0.2, -0.15) is 5.10 Å². The summed E-state index contributed by atoms with van der Waals surface area (Å²) >= 11 is 5.39. The van der Waals surface area contributed by atoms with Gasteiger partial charge in [-0.05, 0) is 63.2 Å². The van der Waals surface area contributed by atoms with Gasteiger partial charge < -0.3 is 10.6 Å². The van der Waals surface area contributed by atoms with Gasteiger partial charge in [0.25, 0.3) is 0 Å². The minimum absolute atomic E-state index is 0.0721. The van der Waals surface area contributed by atoms with Gasteiger partial charge in [-0.15, -0.1) is 0 Å². The Labute approximate surface area is 131 Å². The SMILES string of the molecule is CCn1ccc(C(C)NC(=S)Nc2cc(C)ccc2C)n1. The van der Waals surface area contributed by atoms with E-state index in [0.29, 0.717) is 5.11 Å². The van der Waals surface area contributed by atoms with Gasteiger partial charge in [0.1, 0.15) is 0 Å². The van der Waals surface area contributed by atoms with Gasteiger partial charge in [0.2, 0.25) is 0 Å². The maximum Gasteiger partial charge on any atom is 0.171 e. The second-order valence-corrected chi connectivity index (χ2v) is 5.64. The lowest BCUT2D eigenvalue weighted by atomic mass is 10.1. The fourth-order valence-corrected chi connectivity index (χ4v) is 2.37. The van der Waals surface area contributed by atoms with Crippen molar-refractivity contribution in [3.63, 3.8) is 0 Å². The van der Waals surface area contributed by atoms with Crippen LogP contribution in [0.5, 0.6) is 0 Å². The topological polar surface area (TPSA) is 41.9 Å². The smallest absolute Gasteiger partial charge is 0.171 e. The van der Waals surface area contributed by atoms with Crippen LogP contribution in [0, 0.1) is 13.8 Å². The van der Waals surface area contributed by atoms with Crippen molar-refractivity contribution >= 4 is 23.0 Å². The number of nitrogens with zero attached hydrogens (tertiary/aromatic N) is 2. The third kappa shape index (κ3) is 4.04. The normalized spacial score (nSPS) is 12.0. The van der Waals surface area contributed by atoms with Crippen molar-refractivity contribution in [1.29, 1.82) is 0 Å². The molecule has 2 rings (SSSR count). The Bertz CT molecular complexity index is 633. The van der Waals surface area contributed by atoms with Crippen LogP contribution in [0.15, 0.2) is 30.5 Å². The van der Waals surface area contributed by atoms with E-state index >= 15 is 0 Å². The number of aryl methyl sites for hydroxylation is 3. The Balaban J connectivity index is 1.99. The van der Waals surface area contributed by atoms with E-state index in [4.69, 9.17) is 12.2 Å². The number of nitrogens with one attached hydrogen (secondary N) is 2. The minimum Gasteiger partial charge on any atom is -0.354 e. The lowest BCUT2D eigenvalue weighted by Crippen LogP contribution is -2.31. The van der Waals surface area contributed by atoms with E-state index in [2.05, 4.69) is 61.6 Å². The lowest BCUT2D eigenvalue weighted by molar-refractivity contribution is 0.613. The zero-order chi connectivity index (χ0) is 15.4. The molecular weight excluding hydrogens is 280 g/mol. The summed E-state index contributed by atoms with van der Waals surface area (Å²) in [6.45, 7) is 9.14. The molecule has 0 amide bonds. The largest absolute Gasteiger partial charge is 0.354 e. The highest BCUT2D eigenvalue weighted by Crippen LogP contribution is 2.17. The highest BCUT2D eigenvalue weighted by Gasteiger charge is 2.10. The number of hydrogen-bond donors (Lipinski definition) is 2. The molecule has 112 valence electrons. The molecule has 0 bridgehead atoms. The number of thiocarbonyl (C=S) groups is 1. The maximum absolute atomic E-state index is 5.39. The third-order valence-electron chi connectivity index (χ3n) is 3.42. The number of benzene rings is 1. The lowest BCUT2D eigenvalue weighted by Gasteiger charge is -2.17. The molecule has 0 fully saturated rings. The summed E-state index contributed by atoms with van der Waals surface area (Å²) in [5.74, 6) is 0. The maximum atomic E-state index is 5.39. The molecule has 1 aromatic carbocycles. The molecule has 2 aromatic rings. The second kappa shape index (κ2) is 6.72. The van der Waals surface area contributed by atoms with Crippen LogP contribution >= 0.6 is 12.2 Å². The van der Waals surface area contributed by atoms with Crippen molar-refractivity contribution in [3.05, 3.63) is 47.3 Å². The molecule has 0 aliphatic rings. The molecule has 2 N–H and O–H groups in total. The summed E-state index contributed by atoms with van der Waals surface area (Å²) in [5.41, 5.74) is 4.41. The molecule has 1 heterocycles. The third-order valence-corrected chi connectivity index (χ3v) is 3.64. The molecule has 1 unspecified atom stereocenters. The van der Waals surface area contributed by atoms with Gasteiger partial charge in [-0.3, -0.25) is 4.68 Å². The van der Waals surface area contributed by atoms with Gasteiger partial charge in [0.05, 0.1) is 11.7 Å². The Morgan fingerprint density at radius 3 is 2.76 bits per heavy atom. The van der Waals surface area contributed by atoms with E-state index in [1.165, 1.54) is 11.1 Å². The predicted octanol–water partition coefficient (Wildman–Crippen LogP) is 3.57. The average Bonchev–Trinajstić information content (AvgIpc) is 2.91. The van der Waals surface area contributed by atoms with Crippen molar-refractivity contribution < 1.29 is 0 Å². The van der Waals surface area contributed by atoms with Gasteiger partial charge in [0.15, 0.2) is 5.11 Å². The molecule has 21 heavy (non-hydrogen) atoms. The summed E-state index contributed by atoms with van der Waals surface area (Å²) in [5, 5.41) is 11.6. The second-order valence-electron chi connectivity index (χ2n) is 5.23. The Morgan fingerprint density at radius 1 is 1.33 bits per heavy atom. The van der Waals surface area contributed by atoms with Crippen LogP contribution in [-0.4, -0.2) is 14.9 Å². The van der Waals surface area contributed by atoms with E-state index in [-0.39, 0.29) is 6.04 Å². The molecule has 4 nitrogen and oxygen atoms in total. The fourth-order valence-electron chi connectivity index (χ4n) is 2.08. The number of hydrogen-bond acceptors (Lipinski definition) is 2. The molecule has 1 aromatic heterocycles. The molecule has 0 saturated carbocycles.